The molecular weight excluding hydrogens is 731 g/mol. The Hall–Kier alpha value is -5.95. The molecule has 11 heteroatoms. The molecule has 0 bridgehead atoms. The standard InChI is InChI=1S/C47H47N5O6/c1-53-39-24-22-34(23-25-39)26-52-33-50-41-45(48-32-49-46(41)52)51-47-44(57-30-38-20-12-5-13-21-38)43(56-29-37-18-10-4-11-19-37)42(55-28-36-16-8-3-9-17-36)40(58-47)31-54-27-35-14-6-2-7-15-35/h2-25,32-33,40,42-44,47H,26-31H2,1H3,(H,48,49,51)/t40-,42-,43+,44+,47?/m1/s1. The Morgan fingerprint density at radius 2 is 1.10 bits per heavy atom. The van der Waals surface area contributed by atoms with E-state index in [1.54, 1.807) is 13.4 Å². The summed E-state index contributed by atoms with van der Waals surface area (Å²) in [6, 6.07) is 48.3. The number of hydrogen-bond donors (Lipinski definition) is 1. The zero-order chi connectivity index (χ0) is 39.4. The molecule has 58 heavy (non-hydrogen) atoms. The van der Waals surface area contributed by atoms with E-state index < -0.39 is 30.6 Å². The maximum absolute atomic E-state index is 7.01. The second kappa shape index (κ2) is 19.5. The molecule has 8 rings (SSSR count). The van der Waals surface area contributed by atoms with Gasteiger partial charge in [-0.15, -0.1) is 0 Å². The summed E-state index contributed by atoms with van der Waals surface area (Å²) >= 11 is 0. The molecule has 1 aliphatic heterocycles. The molecule has 0 spiro atoms. The van der Waals surface area contributed by atoms with Crippen LogP contribution >= 0.6 is 0 Å². The van der Waals surface area contributed by atoms with Gasteiger partial charge in [-0.05, 0) is 39.9 Å². The van der Waals surface area contributed by atoms with E-state index in [0.29, 0.717) is 50.0 Å². The van der Waals surface area contributed by atoms with E-state index in [4.69, 9.17) is 33.4 Å². The smallest absolute Gasteiger partial charge is 0.165 e. The molecule has 5 atom stereocenters. The van der Waals surface area contributed by atoms with Gasteiger partial charge in [0, 0.05) is 0 Å². The summed E-state index contributed by atoms with van der Waals surface area (Å²) in [5.41, 5.74) is 6.49. The Bertz CT molecular complexity index is 2280. The third-order valence-corrected chi connectivity index (χ3v) is 10.1. The number of nitrogens with zero attached hydrogens (tertiary/aromatic N) is 4. The molecule has 5 aromatic carbocycles. The summed E-state index contributed by atoms with van der Waals surface area (Å²) in [5, 5.41) is 3.58. The monoisotopic (exact) mass is 777 g/mol. The zero-order valence-corrected chi connectivity index (χ0v) is 32.4. The largest absolute Gasteiger partial charge is 0.497 e. The Kier molecular flexibility index (Phi) is 13.1. The van der Waals surface area contributed by atoms with Crippen LogP contribution < -0.4 is 10.1 Å². The van der Waals surface area contributed by atoms with Crippen LogP contribution in [0.5, 0.6) is 5.75 Å². The summed E-state index contributed by atoms with van der Waals surface area (Å²) in [6.45, 7) is 2.20. The maximum Gasteiger partial charge on any atom is 0.165 e. The van der Waals surface area contributed by atoms with Gasteiger partial charge in [-0.2, -0.15) is 0 Å². The molecular formula is C47H47N5O6. The highest BCUT2D eigenvalue weighted by atomic mass is 16.6. The van der Waals surface area contributed by atoms with Crippen LogP contribution in [0.3, 0.4) is 0 Å². The topological polar surface area (TPSA) is 111 Å². The van der Waals surface area contributed by atoms with Crippen molar-refractivity contribution in [2.24, 2.45) is 0 Å². The third-order valence-electron chi connectivity index (χ3n) is 10.1. The molecule has 0 radical (unpaired) electrons. The average molecular weight is 778 g/mol. The van der Waals surface area contributed by atoms with E-state index in [-0.39, 0.29) is 6.61 Å². The lowest BCUT2D eigenvalue weighted by Gasteiger charge is -2.46. The second-order valence-corrected chi connectivity index (χ2v) is 14.1. The van der Waals surface area contributed by atoms with Gasteiger partial charge in [-0.25, -0.2) is 15.0 Å². The SMILES string of the molecule is COc1ccc(Cn2cnc3c(NC4O[C@H](COCc5ccccc5)[C@@H](OCc5ccccc5)[C@H](OCc5ccccc5)[C@@H]4OCc4ccccc4)ncnc32)cc1. The second-order valence-electron chi connectivity index (χ2n) is 14.1. The summed E-state index contributed by atoms with van der Waals surface area (Å²) in [7, 11) is 1.66. The van der Waals surface area contributed by atoms with Crippen molar-refractivity contribution < 1.29 is 28.4 Å². The Morgan fingerprint density at radius 1 is 0.569 bits per heavy atom. The number of rotatable bonds is 18. The number of nitrogens with one attached hydrogen (secondary N) is 1. The Labute approximate surface area is 338 Å². The fourth-order valence-corrected chi connectivity index (χ4v) is 7.07. The van der Waals surface area contributed by atoms with Gasteiger partial charge < -0.3 is 38.3 Å². The van der Waals surface area contributed by atoms with Gasteiger partial charge in [-0.3, -0.25) is 0 Å². The third kappa shape index (κ3) is 9.94. The van der Waals surface area contributed by atoms with Gasteiger partial charge >= 0.3 is 0 Å². The van der Waals surface area contributed by atoms with Crippen molar-refractivity contribution in [1.82, 2.24) is 19.5 Å². The average Bonchev–Trinajstić information content (AvgIpc) is 3.69. The van der Waals surface area contributed by atoms with Gasteiger partial charge in [0.25, 0.3) is 0 Å². The molecule has 11 nitrogen and oxygen atoms in total. The fraction of sp³-hybridized carbons (Fsp3) is 0.255. The quantitative estimate of drug-likeness (QED) is 0.0921. The number of imidazole rings is 1. The first-order valence-corrected chi connectivity index (χ1v) is 19.5. The van der Waals surface area contributed by atoms with Crippen LogP contribution in [0.15, 0.2) is 158 Å². The molecule has 7 aromatic rings. The number of fused-ring (bicyclic) bond motifs is 1. The van der Waals surface area contributed by atoms with Crippen LogP contribution in [0.2, 0.25) is 0 Å². The number of ether oxygens (including phenoxy) is 6. The molecule has 3 heterocycles. The van der Waals surface area contributed by atoms with Crippen LogP contribution in [-0.2, 0) is 56.7 Å². The van der Waals surface area contributed by atoms with Gasteiger partial charge in [0.05, 0.1) is 53.0 Å². The Balaban J connectivity index is 1.13. The van der Waals surface area contributed by atoms with E-state index in [2.05, 4.69) is 27.4 Å². The minimum absolute atomic E-state index is 0.235. The minimum atomic E-state index is -0.753. The molecule has 1 aliphatic rings. The first kappa shape index (κ1) is 38.9. The van der Waals surface area contributed by atoms with E-state index in [1.165, 1.54) is 6.33 Å². The van der Waals surface area contributed by atoms with Gasteiger partial charge in [0.1, 0.15) is 36.5 Å². The molecule has 2 aromatic heterocycles. The van der Waals surface area contributed by atoms with Crippen molar-refractivity contribution in [1.29, 1.82) is 0 Å². The lowest BCUT2D eigenvalue weighted by atomic mass is 9.96. The minimum Gasteiger partial charge on any atom is -0.497 e. The Morgan fingerprint density at radius 3 is 1.67 bits per heavy atom. The van der Waals surface area contributed by atoms with Crippen molar-refractivity contribution in [3.8, 4) is 5.75 Å². The number of hydrogen-bond acceptors (Lipinski definition) is 10. The van der Waals surface area contributed by atoms with Crippen LogP contribution in [0, 0.1) is 0 Å². The molecule has 0 aliphatic carbocycles. The van der Waals surface area contributed by atoms with Crippen molar-refractivity contribution in [2.75, 3.05) is 19.0 Å². The first-order chi connectivity index (χ1) is 28.7. The molecule has 1 saturated heterocycles. The van der Waals surface area contributed by atoms with Crippen LogP contribution in [0.25, 0.3) is 11.2 Å². The summed E-state index contributed by atoms with van der Waals surface area (Å²) in [4.78, 5) is 14.1. The fourth-order valence-electron chi connectivity index (χ4n) is 7.07. The van der Waals surface area contributed by atoms with Crippen LogP contribution in [0.1, 0.15) is 27.8 Å². The predicted molar refractivity (Wildman–Crippen MR) is 221 cm³/mol. The number of benzene rings is 5. The highest BCUT2D eigenvalue weighted by Gasteiger charge is 2.49. The number of aromatic nitrogens is 4. The maximum atomic E-state index is 7.01. The van der Waals surface area contributed by atoms with Crippen LogP contribution in [0.4, 0.5) is 5.82 Å². The van der Waals surface area contributed by atoms with E-state index in [0.717, 1.165) is 33.6 Å². The summed E-state index contributed by atoms with van der Waals surface area (Å²) in [6.07, 6.45) is 0.154. The van der Waals surface area contributed by atoms with Crippen molar-refractivity contribution in [3.05, 3.63) is 186 Å². The molecule has 296 valence electrons. The molecule has 1 fully saturated rings. The van der Waals surface area contributed by atoms with E-state index in [9.17, 15) is 0 Å². The lowest BCUT2D eigenvalue weighted by molar-refractivity contribution is -0.267. The van der Waals surface area contributed by atoms with Crippen LogP contribution in [-0.4, -0.2) is 63.9 Å². The molecule has 1 N–H and O–H groups in total. The zero-order valence-electron chi connectivity index (χ0n) is 32.4. The van der Waals surface area contributed by atoms with Gasteiger partial charge in [0.15, 0.2) is 23.2 Å². The van der Waals surface area contributed by atoms with Gasteiger partial charge in [0.2, 0.25) is 0 Å². The lowest BCUT2D eigenvalue weighted by Crippen LogP contribution is -2.63. The van der Waals surface area contributed by atoms with Crippen molar-refractivity contribution in [3.63, 3.8) is 0 Å². The molecule has 0 amide bonds. The highest BCUT2D eigenvalue weighted by Crippen LogP contribution is 2.33. The first-order valence-electron chi connectivity index (χ1n) is 19.5. The van der Waals surface area contributed by atoms with Crippen molar-refractivity contribution >= 4 is 17.0 Å². The van der Waals surface area contributed by atoms with E-state index in [1.807, 2.05) is 138 Å². The normalized spacial score (nSPS) is 19.2. The number of anilines is 1. The molecule has 1 unspecified atom stereocenters. The number of methoxy groups -OCH3 is 1. The highest BCUT2D eigenvalue weighted by molar-refractivity contribution is 5.82. The molecule has 0 saturated carbocycles. The summed E-state index contributed by atoms with van der Waals surface area (Å²) in [5.74, 6) is 1.30. The summed E-state index contributed by atoms with van der Waals surface area (Å²) < 4.78 is 41.4. The predicted octanol–water partition coefficient (Wildman–Crippen LogP) is 7.99. The van der Waals surface area contributed by atoms with Crippen molar-refractivity contribution in [2.45, 2.75) is 63.6 Å². The van der Waals surface area contributed by atoms with E-state index >= 15 is 0 Å². The van der Waals surface area contributed by atoms with Gasteiger partial charge in [-0.1, -0.05) is 133 Å².